The average molecular weight is 206 g/mol. The lowest BCUT2D eigenvalue weighted by Gasteiger charge is -2.07. The standard InChI is InChI=1S/C11H14N2O2/c1-2-8-12-11(14)13-9-15-10-6-4-3-5-7-10/h2-7H,1,8-9H2,(H2,12,13,14). The minimum atomic E-state index is -0.272. The Kier molecular flexibility index (Phi) is 4.80. The molecular weight excluding hydrogens is 192 g/mol. The van der Waals surface area contributed by atoms with Crippen LogP contribution >= 0.6 is 0 Å². The van der Waals surface area contributed by atoms with Gasteiger partial charge in [0.25, 0.3) is 0 Å². The lowest BCUT2D eigenvalue weighted by molar-refractivity contribution is 0.225. The Hall–Kier alpha value is -1.97. The van der Waals surface area contributed by atoms with Crippen molar-refractivity contribution in [2.24, 2.45) is 0 Å². The fourth-order valence-corrected chi connectivity index (χ4v) is 0.929. The van der Waals surface area contributed by atoms with E-state index in [0.717, 1.165) is 5.75 Å². The molecule has 0 saturated carbocycles. The number of urea groups is 1. The molecule has 0 aliphatic heterocycles. The van der Waals surface area contributed by atoms with Crippen molar-refractivity contribution in [3.8, 4) is 5.75 Å². The number of ether oxygens (including phenoxy) is 1. The molecule has 4 heteroatoms. The van der Waals surface area contributed by atoms with Crippen molar-refractivity contribution in [2.75, 3.05) is 13.3 Å². The Morgan fingerprint density at radius 2 is 2.07 bits per heavy atom. The van der Waals surface area contributed by atoms with E-state index in [-0.39, 0.29) is 12.8 Å². The number of hydrogen-bond acceptors (Lipinski definition) is 2. The molecule has 0 saturated heterocycles. The Morgan fingerprint density at radius 1 is 1.33 bits per heavy atom. The summed E-state index contributed by atoms with van der Waals surface area (Å²) in [5.74, 6) is 0.724. The molecule has 0 spiro atoms. The van der Waals surface area contributed by atoms with E-state index in [2.05, 4.69) is 17.2 Å². The van der Waals surface area contributed by atoms with E-state index in [1.165, 1.54) is 0 Å². The van der Waals surface area contributed by atoms with Gasteiger partial charge in [-0.05, 0) is 12.1 Å². The van der Waals surface area contributed by atoms with Crippen LogP contribution in [0.1, 0.15) is 0 Å². The van der Waals surface area contributed by atoms with Gasteiger partial charge in [0.2, 0.25) is 0 Å². The SMILES string of the molecule is C=CCNC(=O)NCOc1ccccc1. The number of nitrogens with one attached hydrogen (secondary N) is 2. The van der Waals surface area contributed by atoms with E-state index in [4.69, 9.17) is 4.74 Å². The lowest BCUT2D eigenvalue weighted by atomic mass is 10.3. The van der Waals surface area contributed by atoms with E-state index in [9.17, 15) is 4.79 Å². The second kappa shape index (κ2) is 6.48. The Bertz CT molecular complexity index is 312. The van der Waals surface area contributed by atoms with Crippen molar-refractivity contribution in [1.82, 2.24) is 10.6 Å². The highest BCUT2D eigenvalue weighted by molar-refractivity contribution is 5.73. The van der Waals surface area contributed by atoms with Crippen molar-refractivity contribution in [2.45, 2.75) is 0 Å². The Balaban J connectivity index is 2.16. The van der Waals surface area contributed by atoms with Crippen molar-refractivity contribution in [1.29, 1.82) is 0 Å². The molecule has 80 valence electrons. The summed E-state index contributed by atoms with van der Waals surface area (Å²) in [4.78, 5) is 11.0. The van der Waals surface area contributed by atoms with Crippen LogP contribution in [-0.2, 0) is 0 Å². The van der Waals surface area contributed by atoms with E-state index in [1.54, 1.807) is 6.08 Å². The van der Waals surface area contributed by atoms with Gasteiger partial charge in [0.15, 0.2) is 6.73 Å². The molecule has 0 fully saturated rings. The summed E-state index contributed by atoms with van der Waals surface area (Å²) in [7, 11) is 0. The molecule has 0 bridgehead atoms. The molecule has 2 N–H and O–H groups in total. The quantitative estimate of drug-likeness (QED) is 0.566. The second-order valence-corrected chi connectivity index (χ2v) is 2.78. The number of benzene rings is 1. The van der Waals surface area contributed by atoms with Crippen LogP contribution < -0.4 is 15.4 Å². The van der Waals surface area contributed by atoms with Gasteiger partial charge in [0.05, 0.1) is 0 Å². The molecule has 2 amide bonds. The largest absolute Gasteiger partial charge is 0.473 e. The fraction of sp³-hybridized carbons (Fsp3) is 0.182. The number of amides is 2. The average Bonchev–Trinajstić information content (AvgIpc) is 2.28. The summed E-state index contributed by atoms with van der Waals surface area (Å²) in [6.07, 6.45) is 1.61. The minimum absolute atomic E-state index is 0.146. The maximum absolute atomic E-state index is 11.0. The van der Waals surface area contributed by atoms with Crippen LogP contribution in [0.15, 0.2) is 43.0 Å². The first-order chi connectivity index (χ1) is 7.33. The zero-order valence-electron chi connectivity index (χ0n) is 8.40. The van der Waals surface area contributed by atoms with Crippen LogP contribution in [0.25, 0.3) is 0 Å². The van der Waals surface area contributed by atoms with Crippen LogP contribution in [0.5, 0.6) is 5.75 Å². The first-order valence-corrected chi connectivity index (χ1v) is 4.63. The van der Waals surface area contributed by atoms with Crippen LogP contribution in [0.2, 0.25) is 0 Å². The maximum Gasteiger partial charge on any atom is 0.317 e. The predicted molar refractivity (Wildman–Crippen MR) is 58.7 cm³/mol. The summed E-state index contributed by atoms with van der Waals surface area (Å²) in [5, 5.41) is 5.12. The third-order valence-corrected chi connectivity index (χ3v) is 1.62. The van der Waals surface area contributed by atoms with Gasteiger partial charge in [-0.25, -0.2) is 4.79 Å². The van der Waals surface area contributed by atoms with E-state index >= 15 is 0 Å². The van der Waals surface area contributed by atoms with Crippen LogP contribution in [0, 0.1) is 0 Å². The van der Waals surface area contributed by atoms with Gasteiger partial charge in [0.1, 0.15) is 5.75 Å². The molecule has 0 aliphatic rings. The predicted octanol–water partition coefficient (Wildman–Crippen LogP) is 1.51. The monoisotopic (exact) mass is 206 g/mol. The lowest BCUT2D eigenvalue weighted by Crippen LogP contribution is -2.37. The normalized spacial score (nSPS) is 9.07. The molecule has 1 rings (SSSR count). The zero-order chi connectivity index (χ0) is 10.9. The molecular formula is C11H14N2O2. The third kappa shape index (κ3) is 4.71. The Morgan fingerprint density at radius 3 is 2.73 bits per heavy atom. The van der Waals surface area contributed by atoms with Crippen LogP contribution in [0.3, 0.4) is 0 Å². The minimum Gasteiger partial charge on any atom is -0.473 e. The summed E-state index contributed by atoms with van der Waals surface area (Å²) >= 11 is 0. The highest BCUT2D eigenvalue weighted by Gasteiger charge is 1.96. The molecule has 0 radical (unpaired) electrons. The van der Waals surface area contributed by atoms with E-state index in [1.807, 2.05) is 30.3 Å². The summed E-state index contributed by atoms with van der Waals surface area (Å²) in [6.45, 7) is 4.07. The van der Waals surface area contributed by atoms with Crippen molar-refractivity contribution >= 4 is 6.03 Å². The van der Waals surface area contributed by atoms with Gasteiger partial charge < -0.3 is 15.4 Å². The van der Waals surface area contributed by atoms with E-state index in [0.29, 0.717) is 6.54 Å². The van der Waals surface area contributed by atoms with Gasteiger partial charge in [-0.2, -0.15) is 0 Å². The van der Waals surface area contributed by atoms with Crippen LogP contribution in [0.4, 0.5) is 4.79 Å². The topological polar surface area (TPSA) is 50.4 Å². The van der Waals surface area contributed by atoms with Gasteiger partial charge >= 0.3 is 6.03 Å². The molecule has 15 heavy (non-hydrogen) atoms. The first-order valence-electron chi connectivity index (χ1n) is 4.63. The molecule has 0 aliphatic carbocycles. The maximum atomic E-state index is 11.0. The number of rotatable bonds is 5. The number of para-hydroxylation sites is 1. The smallest absolute Gasteiger partial charge is 0.317 e. The summed E-state index contributed by atoms with van der Waals surface area (Å²) in [5.41, 5.74) is 0. The van der Waals surface area contributed by atoms with Crippen LogP contribution in [-0.4, -0.2) is 19.3 Å². The molecule has 1 aromatic rings. The number of carbonyl (C=O) groups excluding carboxylic acids is 1. The highest BCUT2D eigenvalue weighted by atomic mass is 16.5. The molecule has 1 aromatic carbocycles. The summed E-state index contributed by atoms with van der Waals surface area (Å²) < 4.78 is 5.26. The van der Waals surface area contributed by atoms with Gasteiger partial charge in [-0.15, -0.1) is 6.58 Å². The third-order valence-electron chi connectivity index (χ3n) is 1.62. The first kappa shape index (κ1) is 11.1. The van der Waals surface area contributed by atoms with Gasteiger partial charge in [-0.1, -0.05) is 24.3 Å². The Labute approximate surface area is 88.9 Å². The molecule has 4 nitrogen and oxygen atoms in total. The summed E-state index contributed by atoms with van der Waals surface area (Å²) in [6, 6.07) is 9.01. The van der Waals surface area contributed by atoms with Crippen molar-refractivity contribution < 1.29 is 9.53 Å². The van der Waals surface area contributed by atoms with Crippen molar-refractivity contribution in [3.63, 3.8) is 0 Å². The molecule has 0 aromatic heterocycles. The zero-order valence-corrected chi connectivity index (χ0v) is 8.40. The number of hydrogen-bond donors (Lipinski definition) is 2. The second-order valence-electron chi connectivity index (χ2n) is 2.78. The highest BCUT2D eigenvalue weighted by Crippen LogP contribution is 2.06. The molecule has 0 atom stereocenters. The van der Waals surface area contributed by atoms with Gasteiger partial charge in [-0.3, -0.25) is 0 Å². The number of carbonyl (C=O) groups is 1. The molecule has 0 unspecified atom stereocenters. The van der Waals surface area contributed by atoms with E-state index < -0.39 is 0 Å². The van der Waals surface area contributed by atoms with Crippen molar-refractivity contribution in [3.05, 3.63) is 43.0 Å². The molecule has 0 heterocycles. The fourth-order valence-electron chi connectivity index (χ4n) is 0.929. The van der Waals surface area contributed by atoms with Gasteiger partial charge in [0, 0.05) is 6.54 Å².